The van der Waals surface area contributed by atoms with E-state index < -0.39 is 17.0 Å². The van der Waals surface area contributed by atoms with Crippen molar-refractivity contribution in [2.75, 3.05) is 19.6 Å². The van der Waals surface area contributed by atoms with Crippen LogP contribution in [-0.2, 0) is 11.3 Å². The molecule has 0 saturated carbocycles. The van der Waals surface area contributed by atoms with Crippen LogP contribution < -0.4 is 11.1 Å². The van der Waals surface area contributed by atoms with Crippen LogP contribution in [0, 0.1) is 17.0 Å². The summed E-state index contributed by atoms with van der Waals surface area (Å²) in [4.78, 5) is 14.7. The van der Waals surface area contributed by atoms with E-state index in [4.69, 9.17) is 5.73 Å². The number of likely N-dealkylation sites (tertiary alicyclic amines) is 1. The normalized spacial score (nSPS) is 19.0. The summed E-state index contributed by atoms with van der Waals surface area (Å²) in [5.41, 5.74) is 5.41. The lowest BCUT2D eigenvalue weighted by Crippen LogP contribution is -2.53. The van der Waals surface area contributed by atoms with Gasteiger partial charge in [-0.3, -0.25) is 9.69 Å². The van der Waals surface area contributed by atoms with Gasteiger partial charge in [-0.2, -0.15) is 0 Å². The summed E-state index contributed by atoms with van der Waals surface area (Å²) in [6, 6.07) is 3.91. The van der Waals surface area contributed by atoms with Gasteiger partial charge < -0.3 is 11.1 Å². The Morgan fingerprint density at radius 2 is 1.96 bits per heavy atom. The molecule has 2 rings (SSSR count). The van der Waals surface area contributed by atoms with Crippen molar-refractivity contribution in [1.82, 2.24) is 10.2 Å². The number of piperidine rings is 1. The Labute approximate surface area is 148 Å². The summed E-state index contributed by atoms with van der Waals surface area (Å²) in [6.45, 7) is 5.85. The molecule has 6 heteroatoms. The Bertz CT molecular complexity index is 562. The minimum Gasteiger partial charge on any atom is -0.352 e. The molecule has 0 spiro atoms. The number of carbonyl (C=O) groups is 1. The molecule has 1 saturated heterocycles. The van der Waals surface area contributed by atoms with Gasteiger partial charge in [-0.25, -0.2) is 8.78 Å². The van der Waals surface area contributed by atoms with Gasteiger partial charge in [-0.05, 0) is 44.4 Å². The third kappa shape index (κ3) is 4.55. The molecule has 1 amide bonds. The van der Waals surface area contributed by atoms with Crippen LogP contribution in [0.5, 0.6) is 0 Å². The van der Waals surface area contributed by atoms with E-state index >= 15 is 0 Å². The standard InChI is InChI=1S/C19H29F2N3O/c1-3-19(4-2,13-22)18(25)23-14-7-6-10-24(11-14)12-15-16(20)8-5-9-17(15)21/h5,8-9,14H,3-4,6-7,10-13,22H2,1-2H3,(H,23,25). The van der Waals surface area contributed by atoms with Gasteiger partial charge in [0.15, 0.2) is 0 Å². The molecule has 1 unspecified atom stereocenters. The maximum absolute atomic E-state index is 13.9. The molecule has 1 fully saturated rings. The van der Waals surface area contributed by atoms with Crippen LogP contribution in [-0.4, -0.2) is 36.5 Å². The first-order valence-corrected chi connectivity index (χ1v) is 9.12. The zero-order valence-electron chi connectivity index (χ0n) is 15.2. The SMILES string of the molecule is CCC(CC)(CN)C(=O)NC1CCCN(Cc2c(F)cccc2F)C1. The lowest BCUT2D eigenvalue weighted by molar-refractivity contribution is -0.132. The maximum Gasteiger partial charge on any atom is 0.227 e. The van der Waals surface area contributed by atoms with Crippen molar-refractivity contribution < 1.29 is 13.6 Å². The van der Waals surface area contributed by atoms with Crippen LogP contribution in [0.2, 0.25) is 0 Å². The topological polar surface area (TPSA) is 58.4 Å². The van der Waals surface area contributed by atoms with Crippen LogP contribution in [0.15, 0.2) is 18.2 Å². The third-order valence-electron chi connectivity index (χ3n) is 5.51. The van der Waals surface area contributed by atoms with Crippen LogP contribution in [0.3, 0.4) is 0 Å². The fraction of sp³-hybridized carbons (Fsp3) is 0.632. The molecule has 0 aliphatic carbocycles. The molecule has 1 heterocycles. The van der Waals surface area contributed by atoms with E-state index in [1.165, 1.54) is 18.2 Å². The van der Waals surface area contributed by atoms with Gasteiger partial charge in [0.2, 0.25) is 5.91 Å². The lowest BCUT2D eigenvalue weighted by Gasteiger charge is -2.36. The molecular formula is C19H29F2N3O. The van der Waals surface area contributed by atoms with Gasteiger partial charge in [0.25, 0.3) is 0 Å². The molecule has 25 heavy (non-hydrogen) atoms. The molecule has 0 aromatic heterocycles. The first kappa shape index (κ1) is 19.8. The predicted octanol–water partition coefficient (Wildman–Crippen LogP) is 2.81. The number of benzene rings is 1. The average molecular weight is 353 g/mol. The van der Waals surface area contributed by atoms with Crippen LogP contribution in [0.1, 0.15) is 45.1 Å². The smallest absolute Gasteiger partial charge is 0.227 e. The number of hydrogen-bond acceptors (Lipinski definition) is 3. The quantitative estimate of drug-likeness (QED) is 0.792. The number of nitrogens with one attached hydrogen (secondary N) is 1. The monoisotopic (exact) mass is 353 g/mol. The highest BCUT2D eigenvalue weighted by Gasteiger charge is 2.35. The predicted molar refractivity (Wildman–Crippen MR) is 94.9 cm³/mol. The Morgan fingerprint density at radius 3 is 2.52 bits per heavy atom. The molecule has 1 aliphatic rings. The summed E-state index contributed by atoms with van der Waals surface area (Å²) in [5, 5.41) is 3.11. The van der Waals surface area contributed by atoms with Crippen LogP contribution in [0.25, 0.3) is 0 Å². The Hall–Kier alpha value is -1.53. The molecule has 0 bridgehead atoms. The number of hydrogen-bond donors (Lipinski definition) is 2. The Kier molecular flexibility index (Phi) is 6.90. The zero-order chi connectivity index (χ0) is 18.4. The fourth-order valence-corrected chi connectivity index (χ4v) is 3.51. The maximum atomic E-state index is 13.9. The molecule has 4 nitrogen and oxygen atoms in total. The van der Waals surface area contributed by atoms with E-state index in [2.05, 4.69) is 5.32 Å². The first-order chi connectivity index (χ1) is 12.0. The van der Waals surface area contributed by atoms with Crippen molar-refractivity contribution in [2.45, 2.75) is 52.1 Å². The number of nitrogens with two attached hydrogens (primary N) is 1. The van der Waals surface area contributed by atoms with E-state index in [0.717, 1.165) is 19.4 Å². The Morgan fingerprint density at radius 1 is 1.32 bits per heavy atom. The Balaban J connectivity index is 2.00. The summed E-state index contributed by atoms with van der Waals surface area (Å²) in [7, 11) is 0. The molecule has 1 atom stereocenters. The number of carbonyl (C=O) groups excluding carboxylic acids is 1. The van der Waals surface area contributed by atoms with E-state index in [9.17, 15) is 13.6 Å². The fourth-order valence-electron chi connectivity index (χ4n) is 3.51. The second kappa shape index (κ2) is 8.72. The van der Waals surface area contributed by atoms with Gasteiger partial charge in [-0.1, -0.05) is 19.9 Å². The van der Waals surface area contributed by atoms with E-state index in [1.54, 1.807) is 0 Å². The second-order valence-corrected chi connectivity index (χ2v) is 6.94. The number of nitrogens with zero attached hydrogens (tertiary/aromatic N) is 1. The minimum absolute atomic E-state index is 0.0103. The van der Waals surface area contributed by atoms with Crippen molar-refractivity contribution in [2.24, 2.45) is 11.1 Å². The highest BCUT2D eigenvalue weighted by molar-refractivity contribution is 5.83. The highest BCUT2D eigenvalue weighted by Crippen LogP contribution is 2.26. The van der Waals surface area contributed by atoms with Crippen LogP contribution in [0.4, 0.5) is 8.78 Å². The van der Waals surface area contributed by atoms with Gasteiger partial charge >= 0.3 is 0 Å². The molecular weight excluding hydrogens is 324 g/mol. The molecule has 1 aromatic rings. The lowest BCUT2D eigenvalue weighted by atomic mass is 9.81. The van der Waals surface area contributed by atoms with Gasteiger partial charge in [0.1, 0.15) is 11.6 Å². The summed E-state index contributed by atoms with van der Waals surface area (Å²) >= 11 is 0. The van der Waals surface area contributed by atoms with E-state index in [1.807, 2.05) is 18.7 Å². The largest absolute Gasteiger partial charge is 0.352 e. The van der Waals surface area contributed by atoms with Gasteiger partial charge in [-0.15, -0.1) is 0 Å². The van der Waals surface area contributed by atoms with Gasteiger partial charge in [0, 0.05) is 31.2 Å². The summed E-state index contributed by atoms with van der Waals surface area (Å²) in [5.74, 6) is -1.06. The third-order valence-corrected chi connectivity index (χ3v) is 5.51. The summed E-state index contributed by atoms with van der Waals surface area (Å²) < 4.78 is 27.7. The highest BCUT2D eigenvalue weighted by atomic mass is 19.1. The van der Waals surface area contributed by atoms with Crippen molar-refractivity contribution >= 4 is 5.91 Å². The summed E-state index contributed by atoms with van der Waals surface area (Å²) in [6.07, 6.45) is 3.15. The van der Waals surface area contributed by atoms with Crippen molar-refractivity contribution in [1.29, 1.82) is 0 Å². The van der Waals surface area contributed by atoms with Gasteiger partial charge in [0.05, 0.1) is 5.41 Å². The molecule has 1 aromatic carbocycles. The molecule has 3 N–H and O–H groups in total. The van der Waals surface area contributed by atoms with Crippen LogP contribution >= 0.6 is 0 Å². The zero-order valence-corrected chi connectivity index (χ0v) is 15.2. The molecule has 0 radical (unpaired) electrons. The minimum atomic E-state index is -0.528. The first-order valence-electron chi connectivity index (χ1n) is 9.12. The van der Waals surface area contributed by atoms with Crippen molar-refractivity contribution in [3.05, 3.63) is 35.4 Å². The van der Waals surface area contributed by atoms with E-state index in [-0.39, 0.29) is 24.1 Å². The number of rotatable bonds is 7. The van der Waals surface area contributed by atoms with E-state index in [0.29, 0.717) is 25.9 Å². The molecule has 1 aliphatic heterocycles. The second-order valence-electron chi connectivity index (χ2n) is 6.94. The number of amides is 1. The molecule has 140 valence electrons. The average Bonchev–Trinajstić information content (AvgIpc) is 2.61. The number of halogens is 2. The van der Waals surface area contributed by atoms with Crippen molar-refractivity contribution in [3.8, 4) is 0 Å². The van der Waals surface area contributed by atoms with Crippen molar-refractivity contribution in [3.63, 3.8) is 0 Å².